The van der Waals surface area contributed by atoms with E-state index in [2.05, 4.69) is 10.4 Å². The summed E-state index contributed by atoms with van der Waals surface area (Å²) in [7, 11) is 0. The van der Waals surface area contributed by atoms with Crippen LogP contribution in [0, 0.1) is 0 Å². The summed E-state index contributed by atoms with van der Waals surface area (Å²) < 4.78 is 1.43. The zero-order valence-corrected chi connectivity index (χ0v) is 13.7. The van der Waals surface area contributed by atoms with Gasteiger partial charge in [0.15, 0.2) is 5.69 Å². The minimum Gasteiger partial charge on any atom is -0.364 e. The molecule has 126 valence electrons. The normalized spacial score (nSPS) is 10.4. The number of nitrogens with one attached hydrogen (secondary N) is 1. The SMILES string of the molecule is NC(=O)Nc1cn(-c2ccc(-c3ccccc3Cl)cc2)nc1C(N)=O. The molecule has 1 aromatic heterocycles. The van der Waals surface area contributed by atoms with Crippen LogP contribution in [-0.4, -0.2) is 21.7 Å². The van der Waals surface area contributed by atoms with E-state index in [1.807, 2.05) is 48.5 Å². The second-order valence-corrected chi connectivity index (χ2v) is 5.62. The zero-order valence-electron chi connectivity index (χ0n) is 12.9. The van der Waals surface area contributed by atoms with Crippen molar-refractivity contribution < 1.29 is 9.59 Å². The molecular weight excluding hydrogens is 342 g/mol. The van der Waals surface area contributed by atoms with E-state index in [-0.39, 0.29) is 11.4 Å². The predicted octanol–water partition coefficient (Wildman–Crippen LogP) is 2.78. The Hall–Kier alpha value is -3.32. The molecule has 2 aromatic carbocycles. The van der Waals surface area contributed by atoms with Crippen molar-refractivity contribution in [1.29, 1.82) is 0 Å². The van der Waals surface area contributed by atoms with E-state index >= 15 is 0 Å². The molecule has 0 aliphatic rings. The largest absolute Gasteiger partial charge is 0.364 e. The quantitative estimate of drug-likeness (QED) is 0.668. The summed E-state index contributed by atoms with van der Waals surface area (Å²) in [6, 6.07) is 14.1. The van der Waals surface area contributed by atoms with Crippen LogP contribution in [0.4, 0.5) is 10.5 Å². The molecule has 0 saturated heterocycles. The van der Waals surface area contributed by atoms with Gasteiger partial charge in [-0.05, 0) is 23.8 Å². The molecule has 0 bridgehead atoms. The number of hydrogen-bond acceptors (Lipinski definition) is 3. The summed E-state index contributed by atoms with van der Waals surface area (Å²) in [5.41, 5.74) is 13.0. The molecule has 0 aliphatic carbocycles. The van der Waals surface area contributed by atoms with E-state index < -0.39 is 11.9 Å². The first-order valence-corrected chi connectivity index (χ1v) is 7.65. The molecule has 0 fully saturated rings. The average molecular weight is 356 g/mol. The van der Waals surface area contributed by atoms with E-state index in [0.717, 1.165) is 11.1 Å². The van der Waals surface area contributed by atoms with Crippen molar-refractivity contribution in [3.8, 4) is 16.8 Å². The first-order chi connectivity index (χ1) is 12.0. The van der Waals surface area contributed by atoms with Crippen molar-refractivity contribution in [1.82, 2.24) is 9.78 Å². The standard InChI is InChI=1S/C17H14ClN5O2/c18-13-4-2-1-3-12(13)10-5-7-11(8-6-10)23-9-14(21-17(20)25)15(22-23)16(19)24/h1-9H,(H2,19,24)(H3,20,21,25). The Morgan fingerprint density at radius 1 is 1.04 bits per heavy atom. The van der Waals surface area contributed by atoms with Gasteiger partial charge in [-0.15, -0.1) is 0 Å². The molecule has 25 heavy (non-hydrogen) atoms. The fraction of sp³-hybridized carbons (Fsp3) is 0. The number of anilines is 1. The van der Waals surface area contributed by atoms with Crippen LogP contribution in [-0.2, 0) is 0 Å². The van der Waals surface area contributed by atoms with Crippen LogP contribution in [0.5, 0.6) is 0 Å². The molecule has 0 radical (unpaired) electrons. The molecule has 0 atom stereocenters. The molecule has 3 rings (SSSR count). The second-order valence-electron chi connectivity index (χ2n) is 5.22. The Labute approximate surface area is 148 Å². The molecular formula is C17H14ClN5O2. The van der Waals surface area contributed by atoms with Crippen molar-refractivity contribution in [2.75, 3.05) is 5.32 Å². The summed E-state index contributed by atoms with van der Waals surface area (Å²) in [4.78, 5) is 22.5. The van der Waals surface area contributed by atoms with E-state index in [9.17, 15) is 9.59 Å². The van der Waals surface area contributed by atoms with Gasteiger partial charge in [-0.2, -0.15) is 5.10 Å². The Kier molecular flexibility index (Phi) is 4.40. The highest BCUT2D eigenvalue weighted by Crippen LogP contribution is 2.28. The lowest BCUT2D eigenvalue weighted by Gasteiger charge is -2.06. The summed E-state index contributed by atoms with van der Waals surface area (Å²) in [6.45, 7) is 0. The van der Waals surface area contributed by atoms with Crippen LogP contribution in [0.25, 0.3) is 16.8 Å². The highest BCUT2D eigenvalue weighted by Gasteiger charge is 2.16. The third-order valence-electron chi connectivity index (χ3n) is 3.52. The lowest BCUT2D eigenvalue weighted by atomic mass is 10.1. The summed E-state index contributed by atoms with van der Waals surface area (Å²) in [6.07, 6.45) is 1.47. The van der Waals surface area contributed by atoms with Gasteiger partial charge in [0.2, 0.25) is 0 Å². The number of nitrogens with zero attached hydrogens (tertiary/aromatic N) is 2. The van der Waals surface area contributed by atoms with Crippen LogP contribution >= 0.6 is 11.6 Å². The monoisotopic (exact) mass is 355 g/mol. The Bertz CT molecular complexity index is 950. The van der Waals surface area contributed by atoms with Crippen LogP contribution in [0.15, 0.2) is 54.7 Å². The fourth-order valence-corrected chi connectivity index (χ4v) is 2.65. The van der Waals surface area contributed by atoms with Gasteiger partial charge in [-0.25, -0.2) is 9.48 Å². The Morgan fingerprint density at radius 3 is 2.32 bits per heavy atom. The van der Waals surface area contributed by atoms with Crippen molar-refractivity contribution >= 4 is 29.2 Å². The van der Waals surface area contributed by atoms with Gasteiger partial charge in [-0.1, -0.05) is 41.9 Å². The smallest absolute Gasteiger partial charge is 0.316 e. The van der Waals surface area contributed by atoms with Gasteiger partial charge in [-0.3, -0.25) is 4.79 Å². The minimum absolute atomic E-state index is 0.0750. The van der Waals surface area contributed by atoms with E-state index in [4.69, 9.17) is 23.1 Å². The summed E-state index contributed by atoms with van der Waals surface area (Å²) >= 11 is 6.20. The lowest BCUT2D eigenvalue weighted by Crippen LogP contribution is -2.22. The number of nitrogens with two attached hydrogens (primary N) is 2. The molecule has 0 aliphatic heterocycles. The number of carbonyl (C=O) groups excluding carboxylic acids is 2. The molecule has 0 spiro atoms. The molecule has 7 nitrogen and oxygen atoms in total. The highest BCUT2D eigenvalue weighted by atomic mass is 35.5. The number of halogens is 1. The molecule has 0 saturated carbocycles. The maximum absolute atomic E-state index is 11.5. The van der Waals surface area contributed by atoms with Crippen LogP contribution in [0.3, 0.4) is 0 Å². The van der Waals surface area contributed by atoms with Crippen LogP contribution in [0.2, 0.25) is 5.02 Å². The molecule has 1 heterocycles. The number of primary amides is 2. The maximum atomic E-state index is 11.5. The van der Waals surface area contributed by atoms with E-state index in [1.165, 1.54) is 10.9 Å². The fourth-order valence-electron chi connectivity index (χ4n) is 2.40. The van der Waals surface area contributed by atoms with Crippen LogP contribution < -0.4 is 16.8 Å². The Morgan fingerprint density at radius 2 is 1.72 bits per heavy atom. The second kappa shape index (κ2) is 6.66. The lowest BCUT2D eigenvalue weighted by molar-refractivity contribution is 0.0996. The minimum atomic E-state index is -0.809. The van der Waals surface area contributed by atoms with E-state index in [0.29, 0.717) is 10.7 Å². The van der Waals surface area contributed by atoms with Gasteiger partial charge in [0.05, 0.1) is 17.6 Å². The first-order valence-electron chi connectivity index (χ1n) is 7.27. The van der Waals surface area contributed by atoms with Gasteiger partial charge in [0, 0.05) is 10.6 Å². The number of amides is 3. The van der Waals surface area contributed by atoms with Gasteiger partial charge >= 0.3 is 6.03 Å². The first kappa shape index (κ1) is 16.5. The predicted molar refractivity (Wildman–Crippen MR) is 95.7 cm³/mol. The van der Waals surface area contributed by atoms with Gasteiger partial charge in [0.1, 0.15) is 0 Å². The van der Waals surface area contributed by atoms with E-state index in [1.54, 1.807) is 0 Å². The van der Waals surface area contributed by atoms with Crippen molar-refractivity contribution in [3.05, 3.63) is 65.4 Å². The molecule has 3 aromatic rings. The average Bonchev–Trinajstić information content (AvgIpc) is 2.99. The van der Waals surface area contributed by atoms with Gasteiger partial charge in [0.25, 0.3) is 5.91 Å². The molecule has 3 amide bonds. The number of aromatic nitrogens is 2. The number of carbonyl (C=O) groups is 2. The van der Waals surface area contributed by atoms with Gasteiger partial charge < -0.3 is 16.8 Å². The molecule has 0 unspecified atom stereocenters. The molecule has 8 heteroatoms. The maximum Gasteiger partial charge on any atom is 0.316 e. The van der Waals surface area contributed by atoms with Crippen molar-refractivity contribution in [2.24, 2.45) is 11.5 Å². The number of rotatable bonds is 4. The third-order valence-corrected chi connectivity index (χ3v) is 3.85. The van der Waals surface area contributed by atoms with Crippen molar-refractivity contribution in [3.63, 3.8) is 0 Å². The zero-order chi connectivity index (χ0) is 18.0. The summed E-state index contributed by atoms with van der Waals surface area (Å²) in [5.74, 6) is -0.768. The number of benzene rings is 2. The summed E-state index contributed by atoms with van der Waals surface area (Å²) in [5, 5.41) is 7.08. The topological polar surface area (TPSA) is 116 Å². The highest BCUT2D eigenvalue weighted by molar-refractivity contribution is 6.33. The van der Waals surface area contributed by atoms with Crippen LogP contribution in [0.1, 0.15) is 10.5 Å². The molecule has 5 N–H and O–H groups in total. The number of urea groups is 1. The Balaban J connectivity index is 1.96. The number of hydrogen-bond donors (Lipinski definition) is 3. The third kappa shape index (κ3) is 3.46. The van der Waals surface area contributed by atoms with Crippen molar-refractivity contribution in [2.45, 2.75) is 0 Å².